The molecule has 1 N–H and O–H groups in total. The van der Waals surface area contributed by atoms with Crippen molar-refractivity contribution in [1.29, 1.82) is 0 Å². The van der Waals surface area contributed by atoms with Crippen molar-refractivity contribution >= 4 is 17.7 Å². The van der Waals surface area contributed by atoms with Crippen molar-refractivity contribution < 1.29 is 18.7 Å². The van der Waals surface area contributed by atoms with Crippen molar-refractivity contribution in [3.05, 3.63) is 48.4 Å². The van der Waals surface area contributed by atoms with Gasteiger partial charge in [-0.3, -0.25) is 4.79 Å². The SMILES string of the molecule is O=C(/C=C/c1ccco1)Nc1ccc2c(c1)OCCO2. The molecule has 1 aromatic heterocycles. The number of fused-ring (bicyclic) bond motifs is 1. The van der Waals surface area contributed by atoms with Crippen LogP contribution >= 0.6 is 0 Å². The van der Waals surface area contributed by atoms with Crippen LogP contribution in [0, 0.1) is 0 Å². The summed E-state index contributed by atoms with van der Waals surface area (Å²) in [6.07, 6.45) is 4.57. The number of hydrogen-bond acceptors (Lipinski definition) is 4. The van der Waals surface area contributed by atoms with Crippen molar-refractivity contribution in [1.82, 2.24) is 0 Å². The molecule has 0 radical (unpaired) electrons. The number of anilines is 1. The second-order valence-electron chi connectivity index (χ2n) is 4.20. The van der Waals surface area contributed by atoms with E-state index in [-0.39, 0.29) is 5.91 Å². The second kappa shape index (κ2) is 5.52. The molecule has 2 heterocycles. The van der Waals surface area contributed by atoms with Crippen LogP contribution in [0.2, 0.25) is 0 Å². The molecule has 1 amide bonds. The Morgan fingerprint density at radius 1 is 1.15 bits per heavy atom. The van der Waals surface area contributed by atoms with Crippen LogP contribution in [0.4, 0.5) is 5.69 Å². The minimum Gasteiger partial charge on any atom is -0.486 e. The Kier molecular flexibility index (Phi) is 3.41. The predicted molar refractivity (Wildman–Crippen MR) is 73.8 cm³/mol. The summed E-state index contributed by atoms with van der Waals surface area (Å²) in [4.78, 5) is 11.8. The third-order valence-corrected chi connectivity index (χ3v) is 2.75. The van der Waals surface area contributed by atoms with Gasteiger partial charge in [0.15, 0.2) is 11.5 Å². The zero-order valence-electron chi connectivity index (χ0n) is 10.7. The molecule has 1 aliphatic rings. The Morgan fingerprint density at radius 2 is 2.00 bits per heavy atom. The molecule has 0 aliphatic carbocycles. The lowest BCUT2D eigenvalue weighted by molar-refractivity contribution is -0.111. The fraction of sp³-hybridized carbons (Fsp3) is 0.133. The van der Waals surface area contributed by atoms with E-state index in [1.165, 1.54) is 6.08 Å². The topological polar surface area (TPSA) is 60.7 Å². The zero-order chi connectivity index (χ0) is 13.8. The van der Waals surface area contributed by atoms with E-state index in [2.05, 4.69) is 5.32 Å². The van der Waals surface area contributed by atoms with Gasteiger partial charge in [-0.2, -0.15) is 0 Å². The molecular weight excluding hydrogens is 258 g/mol. The molecule has 0 saturated carbocycles. The van der Waals surface area contributed by atoms with Crippen LogP contribution < -0.4 is 14.8 Å². The zero-order valence-corrected chi connectivity index (χ0v) is 10.7. The molecule has 0 bridgehead atoms. The van der Waals surface area contributed by atoms with Crippen molar-refractivity contribution in [3.63, 3.8) is 0 Å². The molecule has 0 saturated heterocycles. The summed E-state index contributed by atoms with van der Waals surface area (Å²) in [5.74, 6) is 1.73. The Balaban J connectivity index is 1.67. The number of furan rings is 1. The Bertz CT molecular complexity index is 631. The summed E-state index contributed by atoms with van der Waals surface area (Å²) in [7, 11) is 0. The molecule has 0 spiro atoms. The van der Waals surface area contributed by atoms with Gasteiger partial charge in [0.1, 0.15) is 19.0 Å². The third kappa shape index (κ3) is 2.83. The van der Waals surface area contributed by atoms with E-state index in [1.807, 2.05) is 0 Å². The van der Waals surface area contributed by atoms with E-state index in [0.29, 0.717) is 36.2 Å². The third-order valence-electron chi connectivity index (χ3n) is 2.75. The van der Waals surface area contributed by atoms with Crippen molar-refractivity contribution in [2.75, 3.05) is 18.5 Å². The van der Waals surface area contributed by atoms with Gasteiger partial charge in [-0.1, -0.05) is 0 Å². The first-order chi connectivity index (χ1) is 9.81. The molecule has 0 unspecified atom stereocenters. The highest BCUT2D eigenvalue weighted by molar-refractivity contribution is 6.01. The minimum absolute atomic E-state index is 0.238. The number of carbonyl (C=O) groups is 1. The molecular formula is C15H13NO4. The Hall–Kier alpha value is -2.69. The summed E-state index contributed by atoms with van der Waals surface area (Å²) in [6, 6.07) is 8.83. The van der Waals surface area contributed by atoms with E-state index in [0.717, 1.165) is 0 Å². The van der Waals surface area contributed by atoms with E-state index in [9.17, 15) is 4.79 Å². The number of hydrogen-bond donors (Lipinski definition) is 1. The highest BCUT2D eigenvalue weighted by Gasteiger charge is 2.12. The molecule has 0 atom stereocenters. The molecule has 5 heteroatoms. The van der Waals surface area contributed by atoms with Crippen molar-refractivity contribution in [2.24, 2.45) is 0 Å². The molecule has 5 nitrogen and oxygen atoms in total. The number of carbonyl (C=O) groups excluding carboxylic acids is 1. The highest BCUT2D eigenvalue weighted by Crippen LogP contribution is 2.32. The van der Waals surface area contributed by atoms with E-state index in [1.54, 1.807) is 42.7 Å². The van der Waals surface area contributed by atoms with Gasteiger partial charge in [0.05, 0.1) is 6.26 Å². The number of rotatable bonds is 3. The van der Waals surface area contributed by atoms with Gasteiger partial charge < -0.3 is 19.2 Å². The first-order valence-electron chi connectivity index (χ1n) is 6.23. The van der Waals surface area contributed by atoms with E-state index < -0.39 is 0 Å². The Morgan fingerprint density at radius 3 is 2.80 bits per heavy atom. The number of amides is 1. The number of ether oxygens (including phenoxy) is 2. The summed E-state index contributed by atoms with van der Waals surface area (Å²) in [5, 5.41) is 2.75. The lowest BCUT2D eigenvalue weighted by atomic mass is 10.2. The maximum absolute atomic E-state index is 11.8. The molecule has 1 aliphatic heterocycles. The van der Waals surface area contributed by atoms with Gasteiger partial charge in [0.2, 0.25) is 5.91 Å². The standard InChI is InChI=1S/C15H13NO4/c17-15(6-4-12-2-1-7-18-12)16-11-3-5-13-14(10-11)20-9-8-19-13/h1-7,10H,8-9H2,(H,16,17)/b6-4+. The predicted octanol–water partition coefficient (Wildman–Crippen LogP) is 2.70. The van der Waals surface area contributed by atoms with Gasteiger partial charge >= 0.3 is 0 Å². The normalized spacial score (nSPS) is 13.4. The van der Waals surface area contributed by atoms with Crippen LogP contribution in [0.3, 0.4) is 0 Å². The number of nitrogens with one attached hydrogen (secondary N) is 1. The van der Waals surface area contributed by atoms with E-state index in [4.69, 9.17) is 13.9 Å². The lowest BCUT2D eigenvalue weighted by Gasteiger charge is -2.18. The fourth-order valence-corrected chi connectivity index (χ4v) is 1.85. The van der Waals surface area contributed by atoms with Crippen molar-refractivity contribution in [2.45, 2.75) is 0 Å². The minimum atomic E-state index is -0.238. The van der Waals surface area contributed by atoms with Gasteiger partial charge in [-0.05, 0) is 30.3 Å². The smallest absolute Gasteiger partial charge is 0.248 e. The Labute approximate surface area is 115 Å². The quantitative estimate of drug-likeness (QED) is 0.872. The van der Waals surface area contributed by atoms with Gasteiger partial charge in [0.25, 0.3) is 0 Å². The maximum Gasteiger partial charge on any atom is 0.248 e. The molecule has 20 heavy (non-hydrogen) atoms. The summed E-state index contributed by atoms with van der Waals surface area (Å²) < 4.78 is 16.0. The number of benzene rings is 1. The lowest BCUT2D eigenvalue weighted by Crippen LogP contribution is -2.16. The van der Waals surface area contributed by atoms with Crippen LogP contribution in [0.1, 0.15) is 5.76 Å². The maximum atomic E-state index is 11.8. The van der Waals surface area contributed by atoms with Gasteiger partial charge in [0, 0.05) is 17.8 Å². The first kappa shape index (κ1) is 12.3. The van der Waals surface area contributed by atoms with Gasteiger partial charge in [-0.25, -0.2) is 0 Å². The highest BCUT2D eigenvalue weighted by atomic mass is 16.6. The molecule has 3 rings (SSSR count). The van der Waals surface area contributed by atoms with Crippen LogP contribution in [0.15, 0.2) is 47.1 Å². The van der Waals surface area contributed by atoms with Crippen LogP contribution in [-0.4, -0.2) is 19.1 Å². The van der Waals surface area contributed by atoms with Gasteiger partial charge in [-0.15, -0.1) is 0 Å². The van der Waals surface area contributed by atoms with Crippen LogP contribution in [0.5, 0.6) is 11.5 Å². The first-order valence-corrected chi connectivity index (χ1v) is 6.23. The summed E-state index contributed by atoms with van der Waals surface area (Å²) >= 11 is 0. The molecule has 102 valence electrons. The average Bonchev–Trinajstić information content (AvgIpc) is 2.98. The van der Waals surface area contributed by atoms with Crippen LogP contribution in [0.25, 0.3) is 6.08 Å². The second-order valence-corrected chi connectivity index (χ2v) is 4.20. The van der Waals surface area contributed by atoms with Crippen LogP contribution in [-0.2, 0) is 4.79 Å². The largest absolute Gasteiger partial charge is 0.486 e. The molecule has 0 fully saturated rings. The van der Waals surface area contributed by atoms with E-state index >= 15 is 0 Å². The fourth-order valence-electron chi connectivity index (χ4n) is 1.85. The summed E-state index contributed by atoms with van der Waals surface area (Å²) in [5.41, 5.74) is 0.656. The van der Waals surface area contributed by atoms with Crippen molar-refractivity contribution in [3.8, 4) is 11.5 Å². The monoisotopic (exact) mass is 271 g/mol. The molecule has 2 aromatic rings. The summed E-state index contributed by atoms with van der Waals surface area (Å²) in [6.45, 7) is 1.06. The average molecular weight is 271 g/mol. The molecule has 1 aromatic carbocycles.